The number of piperidine rings is 1. The van der Waals surface area contributed by atoms with Crippen LogP contribution in [0.5, 0.6) is 0 Å². The molecule has 2 unspecified atom stereocenters. The zero-order valence-electron chi connectivity index (χ0n) is 13.1. The summed E-state index contributed by atoms with van der Waals surface area (Å²) in [5, 5.41) is 9.12. The van der Waals surface area contributed by atoms with Crippen molar-refractivity contribution in [1.82, 2.24) is 16.0 Å². The molecule has 3 N–H and O–H groups in total. The first-order chi connectivity index (χ1) is 10.6. The van der Waals surface area contributed by atoms with Gasteiger partial charge in [0.05, 0.1) is 6.42 Å². The van der Waals surface area contributed by atoms with Crippen LogP contribution in [0, 0.1) is 5.92 Å². The van der Waals surface area contributed by atoms with Gasteiger partial charge in [-0.05, 0) is 24.4 Å². The molecule has 1 heterocycles. The summed E-state index contributed by atoms with van der Waals surface area (Å²) in [4.78, 5) is 23.7. The van der Waals surface area contributed by atoms with E-state index >= 15 is 0 Å². The SMILES string of the molecule is CC1CCNCC1NC(=O)CCNC(=O)Cc1ccccc1. The zero-order chi connectivity index (χ0) is 15.8. The normalized spacial score (nSPS) is 21.1. The van der Waals surface area contributed by atoms with E-state index in [1.54, 1.807) is 0 Å². The number of nitrogens with one attached hydrogen (secondary N) is 3. The molecule has 2 rings (SSSR count). The van der Waals surface area contributed by atoms with Crippen molar-refractivity contribution < 1.29 is 9.59 Å². The van der Waals surface area contributed by atoms with Gasteiger partial charge in [0.25, 0.3) is 0 Å². The number of benzene rings is 1. The number of hydrogen-bond donors (Lipinski definition) is 3. The Balaban J connectivity index is 1.63. The van der Waals surface area contributed by atoms with Gasteiger partial charge in [-0.25, -0.2) is 0 Å². The third kappa shape index (κ3) is 5.48. The topological polar surface area (TPSA) is 70.2 Å². The van der Waals surface area contributed by atoms with Crippen LogP contribution in [0.4, 0.5) is 0 Å². The molecule has 1 aromatic rings. The second kappa shape index (κ2) is 8.54. The van der Waals surface area contributed by atoms with Crippen LogP contribution in [-0.4, -0.2) is 37.5 Å². The fourth-order valence-electron chi connectivity index (χ4n) is 2.62. The summed E-state index contributed by atoms with van der Waals surface area (Å²) in [6.07, 6.45) is 1.76. The van der Waals surface area contributed by atoms with E-state index in [0.717, 1.165) is 25.1 Å². The third-order valence-corrected chi connectivity index (χ3v) is 4.06. The Kier molecular flexibility index (Phi) is 6.40. The molecule has 120 valence electrons. The van der Waals surface area contributed by atoms with E-state index in [-0.39, 0.29) is 17.9 Å². The highest BCUT2D eigenvalue weighted by Gasteiger charge is 2.22. The van der Waals surface area contributed by atoms with Crippen molar-refractivity contribution in [3.63, 3.8) is 0 Å². The van der Waals surface area contributed by atoms with Crippen LogP contribution in [0.25, 0.3) is 0 Å². The fraction of sp³-hybridized carbons (Fsp3) is 0.529. The van der Waals surface area contributed by atoms with Gasteiger partial charge in [0.15, 0.2) is 0 Å². The van der Waals surface area contributed by atoms with E-state index in [0.29, 0.717) is 25.3 Å². The molecule has 0 radical (unpaired) electrons. The quantitative estimate of drug-likeness (QED) is 0.730. The predicted molar refractivity (Wildman–Crippen MR) is 86.4 cm³/mol. The number of rotatable bonds is 6. The average molecular weight is 303 g/mol. The van der Waals surface area contributed by atoms with Crippen LogP contribution in [0.1, 0.15) is 25.3 Å². The van der Waals surface area contributed by atoms with E-state index < -0.39 is 0 Å². The lowest BCUT2D eigenvalue weighted by molar-refractivity contribution is -0.122. The monoisotopic (exact) mass is 303 g/mol. The van der Waals surface area contributed by atoms with Gasteiger partial charge >= 0.3 is 0 Å². The number of amides is 2. The lowest BCUT2D eigenvalue weighted by atomic mass is 9.95. The van der Waals surface area contributed by atoms with Gasteiger partial charge in [-0.2, -0.15) is 0 Å². The molecule has 1 aliphatic heterocycles. The maximum atomic E-state index is 11.9. The first-order valence-corrected chi connectivity index (χ1v) is 7.96. The van der Waals surface area contributed by atoms with Crippen LogP contribution in [-0.2, 0) is 16.0 Å². The lowest BCUT2D eigenvalue weighted by Crippen LogP contribution is -2.50. The highest BCUT2D eigenvalue weighted by Crippen LogP contribution is 2.11. The van der Waals surface area contributed by atoms with Crippen LogP contribution in [0.3, 0.4) is 0 Å². The van der Waals surface area contributed by atoms with Crippen molar-refractivity contribution in [3.8, 4) is 0 Å². The van der Waals surface area contributed by atoms with E-state index in [1.165, 1.54) is 0 Å². The van der Waals surface area contributed by atoms with Crippen LogP contribution >= 0.6 is 0 Å². The van der Waals surface area contributed by atoms with E-state index in [4.69, 9.17) is 0 Å². The second-order valence-electron chi connectivity index (χ2n) is 5.91. The summed E-state index contributed by atoms with van der Waals surface area (Å²) in [5.74, 6) is 0.449. The highest BCUT2D eigenvalue weighted by molar-refractivity contribution is 5.80. The first kappa shape index (κ1) is 16.5. The third-order valence-electron chi connectivity index (χ3n) is 4.06. The summed E-state index contributed by atoms with van der Waals surface area (Å²) in [5.41, 5.74) is 0.978. The maximum absolute atomic E-state index is 11.9. The molecule has 0 saturated carbocycles. The Morgan fingerprint density at radius 2 is 2.00 bits per heavy atom. The standard InChI is InChI=1S/C17H25N3O2/c1-13-7-9-18-12-15(13)20-16(21)8-10-19-17(22)11-14-5-3-2-4-6-14/h2-6,13,15,18H,7-12H2,1H3,(H,19,22)(H,20,21). The fourth-order valence-corrected chi connectivity index (χ4v) is 2.62. The molecule has 5 nitrogen and oxygen atoms in total. The molecule has 5 heteroatoms. The van der Waals surface area contributed by atoms with Crippen molar-refractivity contribution in [3.05, 3.63) is 35.9 Å². The van der Waals surface area contributed by atoms with Crippen molar-refractivity contribution in [1.29, 1.82) is 0 Å². The largest absolute Gasteiger partial charge is 0.355 e. The Morgan fingerprint density at radius 1 is 1.23 bits per heavy atom. The number of hydrogen-bond acceptors (Lipinski definition) is 3. The van der Waals surface area contributed by atoms with Crippen LogP contribution < -0.4 is 16.0 Å². The summed E-state index contributed by atoms with van der Waals surface area (Å²) in [6.45, 7) is 4.38. The molecule has 1 fully saturated rings. The average Bonchev–Trinajstić information content (AvgIpc) is 2.50. The van der Waals surface area contributed by atoms with Gasteiger partial charge in [-0.3, -0.25) is 9.59 Å². The molecule has 0 aromatic heterocycles. The number of carbonyl (C=O) groups excluding carboxylic acids is 2. The Bertz CT molecular complexity index is 490. The van der Waals surface area contributed by atoms with Crippen molar-refractivity contribution in [2.45, 2.75) is 32.2 Å². The summed E-state index contributed by atoms with van der Waals surface area (Å²) >= 11 is 0. The van der Waals surface area contributed by atoms with E-state index in [2.05, 4.69) is 22.9 Å². The second-order valence-corrected chi connectivity index (χ2v) is 5.91. The minimum Gasteiger partial charge on any atom is -0.355 e. The molecule has 2 atom stereocenters. The van der Waals surface area contributed by atoms with E-state index in [9.17, 15) is 9.59 Å². The highest BCUT2D eigenvalue weighted by atomic mass is 16.2. The van der Waals surface area contributed by atoms with Gasteiger partial charge < -0.3 is 16.0 Å². The van der Waals surface area contributed by atoms with Crippen molar-refractivity contribution in [2.24, 2.45) is 5.92 Å². The Labute approximate surface area is 131 Å². The summed E-state index contributed by atoms with van der Waals surface area (Å²) in [7, 11) is 0. The minimum atomic E-state index is -0.0494. The molecule has 0 aliphatic carbocycles. The van der Waals surface area contributed by atoms with Gasteiger partial charge in [0, 0.05) is 25.6 Å². The van der Waals surface area contributed by atoms with Gasteiger partial charge in [-0.1, -0.05) is 37.3 Å². The number of carbonyl (C=O) groups is 2. The van der Waals surface area contributed by atoms with Gasteiger partial charge in [-0.15, -0.1) is 0 Å². The van der Waals surface area contributed by atoms with Crippen molar-refractivity contribution >= 4 is 11.8 Å². The maximum Gasteiger partial charge on any atom is 0.224 e. The van der Waals surface area contributed by atoms with Crippen LogP contribution in [0.15, 0.2) is 30.3 Å². The molecule has 2 amide bonds. The van der Waals surface area contributed by atoms with Crippen molar-refractivity contribution in [2.75, 3.05) is 19.6 Å². The molecule has 1 saturated heterocycles. The first-order valence-electron chi connectivity index (χ1n) is 7.96. The molecule has 0 spiro atoms. The molecular weight excluding hydrogens is 278 g/mol. The molecule has 22 heavy (non-hydrogen) atoms. The Morgan fingerprint density at radius 3 is 2.73 bits per heavy atom. The predicted octanol–water partition coefficient (Wildman–Crippen LogP) is 0.850. The molecular formula is C17H25N3O2. The minimum absolute atomic E-state index is 0.000520. The summed E-state index contributed by atoms with van der Waals surface area (Å²) in [6, 6.07) is 9.78. The summed E-state index contributed by atoms with van der Waals surface area (Å²) < 4.78 is 0. The smallest absolute Gasteiger partial charge is 0.224 e. The van der Waals surface area contributed by atoms with Gasteiger partial charge in [0.1, 0.15) is 0 Å². The lowest BCUT2D eigenvalue weighted by Gasteiger charge is -2.30. The zero-order valence-corrected chi connectivity index (χ0v) is 13.1. The Hall–Kier alpha value is -1.88. The van der Waals surface area contributed by atoms with Crippen LogP contribution in [0.2, 0.25) is 0 Å². The van der Waals surface area contributed by atoms with E-state index in [1.807, 2.05) is 30.3 Å². The van der Waals surface area contributed by atoms with Gasteiger partial charge in [0.2, 0.25) is 11.8 Å². The molecule has 1 aromatic carbocycles. The molecule has 0 bridgehead atoms. The molecule has 1 aliphatic rings.